The highest BCUT2D eigenvalue weighted by Crippen LogP contribution is 2.41. The molecule has 0 aromatic rings. The number of nitrogens with two attached hydrogens (primary N) is 1. The first-order valence-electron chi connectivity index (χ1n) is 7.81. The van der Waals surface area contributed by atoms with Gasteiger partial charge < -0.3 is 5.73 Å². The van der Waals surface area contributed by atoms with E-state index in [0.717, 1.165) is 24.0 Å². The summed E-state index contributed by atoms with van der Waals surface area (Å²) in [6, 6.07) is 3.07. The zero-order chi connectivity index (χ0) is 11.8. The lowest BCUT2D eigenvalue weighted by Gasteiger charge is -2.45. The minimum absolute atomic E-state index is 0.495. The standard InChI is InChI=1S/C15H28N2/c1-2-11-4-3-5-13(8-11)17-14-6-7-15(17)10-12(16)9-14/h11-15H,2-10,16H2,1H3. The summed E-state index contributed by atoms with van der Waals surface area (Å²) in [7, 11) is 0. The molecule has 3 aliphatic rings. The van der Waals surface area contributed by atoms with Gasteiger partial charge >= 0.3 is 0 Å². The smallest absolute Gasteiger partial charge is 0.0116 e. The molecular weight excluding hydrogens is 208 g/mol. The van der Waals surface area contributed by atoms with Gasteiger partial charge in [-0.1, -0.05) is 26.2 Å². The molecule has 1 aliphatic carbocycles. The lowest BCUT2D eigenvalue weighted by molar-refractivity contribution is 0.0444. The van der Waals surface area contributed by atoms with Crippen LogP contribution in [0.3, 0.4) is 0 Å². The fourth-order valence-electron chi connectivity index (χ4n) is 4.76. The number of hydrogen-bond donors (Lipinski definition) is 1. The molecule has 98 valence electrons. The van der Waals surface area contributed by atoms with Gasteiger partial charge in [0.2, 0.25) is 0 Å². The van der Waals surface area contributed by atoms with Gasteiger partial charge in [0.05, 0.1) is 0 Å². The Kier molecular flexibility index (Phi) is 3.45. The van der Waals surface area contributed by atoms with Crippen LogP contribution in [0.15, 0.2) is 0 Å². The Hall–Kier alpha value is -0.0800. The number of fused-ring (bicyclic) bond motifs is 2. The average molecular weight is 236 g/mol. The Bertz CT molecular complexity index is 252. The van der Waals surface area contributed by atoms with E-state index in [9.17, 15) is 0 Å². The third-order valence-electron chi connectivity index (χ3n) is 5.58. The van der Waals surface area contributed by atoms with E-state index in [-0.39, 0.29) is 0 Å². The normalized spacial score (nSPS) is 47.3. The SMILES string of the molecule is CCC1CCCC(N2C3CCC2CC(N)C3)C1. The molecule has 2 bridgehead atoms. The molecule has 3 rings (SSSR count). The predicted molar refractivity (Wildman–Crippen MR) is 71.9 cm³/mol. The Morgan fingerprint density at radius 1 is 0.941 bits per heavy atom. The molecule has 1 saturated carbocycles. The molecular formula is C15H28N2. The molecule has 4 unspecified atom stereocenters. The molecule has 0 spiro atoms. The van der Waals surface area contributed by atoms with Crippen molar-refractivity contribution in [1.82, 2.24) is 4.90 Å². The van der Waals surface area contributed by atoms with E-state index in [2.05, 4.69) is 11.8 Å². The van der Waals surface area contributed by atoms with Crippen molar-refractivity contribution in [2.75, 3.05) is 0 Å². The largest absolute Gasteiger partial charge is 0.328 e. The van der Waals surface area contributed by atoms with Crippen LogP contribution in [-0.4, -0.2) is 29.1 Å². The van der Waals surface area contributed by atoms with Gasteiger partial charge in [0.1, 0.15) is 0 Å². The van der Waals surface area contributed by atoms with Crippen LogP contribution >= 0.6 is 0 Å². The molecule has 4 atom stereocenters. The van der Waals surface area contributed by atoms with Crippen LogP contribution in [0.4, 0.5) is 0 Å². The lowest BCUT2D eigenvalue weighted by atomic mass is 9.81. The summed E-state index contributed by atoms with van der Waals surface area (Å²) in [5.74, 6) is 1.00. The van der Waals surface area contributed by atoms with E-state index in [1.807, 2.05) is 0 Å². The topological polar surface area (TPSA) is 29.3 Å². The van der Waals surface area contributed by atoms with Gasteiger partial charge in [-0.2, -0.15) is 0 Å². The summed E-state index contributed by atoms with van der Waals surface area (Å²) in [6.45, 7) is 2.37. The third-order valence-corrected chi connectivity index (χ3v) is 5.58. The van der Waals surface area contributed by atoms with Gasteiger partial charge in [-0.15, -0.1) is 0 Å². The molecule has 17 heavy (non-hydrogen) atoms. The quantitative estimate of drug-likeness (QED) is 0.799. The highest BCUT2D eigenvalue weighted by molar-refractivity contribution is 5.00. The number of rotatable bonds is 2. The second-order valence-corrected chi connectivity index (χ2v) is 6.66. The van der Waals surface area contributed by atoms with Crippen molar-refractivity contribution in [2.45, 2.75) is 88.9 Å². The molecule has 2 heteroatoms. The van der Waals surface area contributed by atoms with Crippen molar-refractivity contribution in [3.8, 4) is 0 Å². The highest BCUT2D eigenvalue weighted by atomic mass is 15.3. The van der Waals surface area contributed by atoms with E-state index < -0.39 is 0 Å². The van der Waals surface area contributed by atoms with Crippen LogP contribution in [0.25, 0.3) is 0 Å². The molecule has 2 heterocycles. The maximum Gasteiger partial charge on any atom is 0.0116 e. The van der Waals surface area contributed by atoms with Crippen LogP contribution in [0.5, 0.6) is 0 Å². The molecule has 2 N–H and O–H groups in total. The maximum absolute atomic E-state index is 6.17. The fraction of sp³-hybridized carbons (Fsp3) is 1.00. The molecule has 0 aromatic carbocycles. The summed E-state index contributed by atoms with van der Waals surface area (Å²) in [6.07, 6.45) is 12.6. The molecule has 2 aliphatic heterocycles. The van der Waals surface area contributed by atoms with Crippen molar-refractivity contribution in [1.29, 1.82) is 0 Å². The van der Waals surface area contributed by atoms with Crippen molar-refractivity contribution in [3.63, 3.8) is 0 Å². The van der Waals surface area contributed by atoms with Gasteiger partial charge in [0.25, 0.3) is 0 Å². The molecule has 2 saturated heterocycles. The second-order valence-electron chi connectivity index (χ2n) is 6.66. The van der Waals surface area contributed by atoms with E-state index >= 15 is 0 Å². The predicted octanol–water partition coefficient (Wildman–Crippen LogP) is 2.91. The van der Waals surface area contributed by atoms with Gasteiger partial charge in [0, 0.05) is 24.2 Å². The summed E-state index contributed by atoms with van der Waals surface area (Å²) < 4.78 is 0. The monoisotopic (exact) mass is 236 g/mol. The summed E-state index contributed by atoms with van der Waals surface area (Å²) in [5.41, 5.74) is 6.17. The minimum atomic E-state index is 0.495. The summed E-state index contributed by atoms with van der Waals surface area (Å²) in [5, 5.41) is 0. The van der Waals surface area contributed by atoms with E-state index in [0.29, 0.717) is 6.04 Å². The van der Waals surface area contributed by atoms with Gasteiger partial charge in [-0.3, -0.25) is 4.90 Å². The zero-order valence-corrected chi connectivity index (χ0v) is 11.3. The van der Waals surface area contributed by atoms with Gasteiger partial charge in [0.15, 0.2) is 0 Å². The average Bonchev–Trinajstić information content (AvgIpc) is 2.62. The fourth-order valence-corrected chi connectivity index (χ4v) is 4.76. The van der Waals surface area contributed by atoms with Gasteiger partial charge in [-0.05, 0) is 44.4 Å². The van der Waals surface area contributed by atoms with Gasteiger partial charge in [-0.25, -0.2) is 0 Å². The Labute approximate surface area is 106 Å². The van der Waals surface area contributed by atoms with E-state index in [1.54, 1.807) is 0 Å². The van der Waals surface area contributed by atoms with Crippen LogP contribution in [0.2, 0.25) is 0 Å². The van der Waals surface area contributed by atoms with Crippen molar-refractivity contribution >= 4 is 0 Å². The highest BCUT2D eigenvalue weighted by Gasteiger charge is 2.43. The molecule has 0 aromatic heterocycles. The zero-order valence-electron chi connectivity index (χ0n) is 11.3. The first-order valence-corrected chi connectivity index (χ1v) is 7.81. The minimum Gasteiger partial charge on any atom is -0.328 e. The van der Waals surface area contributed by atoms with Crippen molar-refractivity contribution in [2.24, 2.45) is 11.7 Å². The van der Waals surface area contributed by atoms with Crippen molar-refractivity contribution < 1.29 is 0 Å². The molecule has 3 fully saturated rings. The van der Waals surface area contributed by atoms with E-state index in [4.69, 9.17) is 5.73 Å². The summed E-state index contributed by atoms with van der Waals surface area (Å²) >= 11 is 0. The molecule has 2 nitrogen and oxygen atoms in total. The molecule has 0 radical (unpaired) electrons. The van der Waals surface area contributed by atoms with Crippen LogP contribution < -0.4 is 5.73 Å². The van der Waals surface area contributed by atoms with Crippen LogP contribution in [0.1, 0.15) is 64.7 Å². The number of piperidine rings is 1. The first-order chi connectivity index (χ1) is 8.28. The Morgan fingerprint density at radius 3 is 2.24 bits per heavy atom. The molecule has 0 amide bonds. The summed E-state index contributed by atoms with van der Waals surface area (Å²) in [4.78, 5) is 2.91. The Morgan fingerprint density at radius 2 is 1.59 bits per heavy atom. The lowest BCUT2D eigenvalue weighted by Crippen LogP contribution is -2.53. The number of nitrogens with zero attached hydrogens (tertiary/aromatic N) is 1. The number of hydrogen-bond acceptors (Lipinski definition) is 2. The Balaban J connectivity index is 1.68. The van der Waals surface area contributed by atoms with Crippen molar-refractivity contribution in [3.05, 3.63) is 0 Å². The van der Waals surface area contributed by atoms with Crippen LogP contribution in [0, 0.1) is 5.92 Å². The van der Waals surface area contributed by atoms with E-state index in [1.165, 1.54) is 57.8 Å². The van der Waals surface area contributed by atoms with Crippen LogP contribution in [-0.2, 0) is 0 Å². The second kappa shape index (κ2) is 4.89. The third kappa shape index (κ3) is 2.26. The first kappa shape index (κ1) is 12.0. The maximum atomic E-state index is 6.17.